The Kier molecular flexibility index (Phi) is 4.03. The maximum atomic E-state index is 13.9. The number of aromatic nitrogens is 1. The van der Waals surface area contributed by atoms with Crippen LogP contribution in [0.25, 0.3) is 16.8 Å². The average molecular weight is 377 g/mol. The quantitative estimate of drug-likeness (QED) is 0.767. The van der Waals surface area contributed by atoms with Gasteiger partial charge in [-0.05, 0) is 24.1 Å². The predicted molar refractivity (Wildman–Crippen MR) is 93.1 cm³/mol. The summed E-state index contributed by atoms with van der Waals surface area (Å²) < 4.78 is 41.7. The first kappa shape index (κ1) is 18.0. The molecule has 2 atom stereocenters. The van der Waals surface area contributed by atoms with E-state index in [1.165, 1.54) is 30.5 Å². The molecule has 1 aliphatic heterocycles. The Labute approximate surface area is 153 Å². The average Bonchev–Trinajstić information content (AvgIpc) is 3.12. The number of β-amino-alcohol motifs (C(OH)–C–C–N with tert-alkyl or cyclic N) is 1. The van der Waals surface area contributed by atoms with Crippen molar-refractivity contribution in [1.82, 2.24) is 15.4 Å². The van der Waals surface area contributed by atoms with Gasteiger partial charge in [0, 0.05) is 29.1 Å². The fraction of sp³-hybridized carbons (Fsp3) is 0.316. The fourth-order valence-corrected chi connectivity index (χ4v) is 3.77. The molecular weight excluding hydrogens is 359 g/mol. The van der Waals surface area contributed by atoms with Gasteiger partial charge in [0.1, 0.15) is 0 Å². The number of halogens is 3. The van der Waals surface area contributed by atoms with E-state index in [2.05, 4.69) is 10.4 Å². The lowest BCUT2D eigenvalue weighted by atomic mass is 9.89. The number of aliphatic hydroxyl groups is 2. The van der Waals surface area contributed by atoms with Crippen LogP contribution >= 0.6 is 0 Å². The van der Waals surface area contributed by atoms with E-state index in [0.717, 1.165) is 5.57 Å². The first-order chi connectivity index (χ1) is 12.8. The second-order valence-electron chi connectivity index (χ2n) is 6.73. The monoisotopic (exact) mass is 377 g/mol. The van der Waals surface area contributed by atoms with Crippen LogP contribution in [-0.2, 0) is 5.60 Å². The molecule has 1 aliphatic carbocycles. The normalized spacial score (nSPS) is 24.0. The predicted octanol–water partition coefficient (Wildman–Crippen LogP) is 2.40. The molecule has 8 heteroatoms. The molecule has 4 rings (SSSR count). The van der Waals surface area contributed by atoms with E-state index >= 15 is 0 Å². The number of benzene rings is 1. The summed E-state index contributed by atoms with van der Waals surface area (Å²) in [6.07, 6.45) is -1.63. The lowest BCUT2D eigenvalue weighted by Gasteiger charge is -2.28. The number of rotatable bonds is 3. The summed E-state index contributed by atoms with van der Waals surface area (Å²) in [5.74, 6) is 0. The van der Waals surface area contributed by atoms with E-state index in [9.17, 15) is 18.3 Å². The van der Waals surface area contributed by atoms with Gasteiger partial charge < -0.3 is 15.2 Å². The molecule has 0 bridgehead atoms. The number of alkyl halides is 3. The first-order valence-electron chi connectivity index (χ1n) is 8.52. The van der Waals surface area contributed by atoms with Gasteiger partial charge in [0.2, 0.25) is 5.60 Å². The number of pyridine rings is 1. The fourth-order valence-electron chi connectivity index (χ4n) is 3.77. The highest BCUT2D eigenvalue weighted by molar-refractivity contribution is 5.80. The van der Waals surface area contributed by atoms with Gasteiger partial charge in [0.15, 0.2) is 0 Å². The van der Waals surface area contributed by atoms with Gasteiger partial charge in [-0.25, -0.2) is 5.43 Å². The minimum Gasteiger partial charge on any atom is -0.394 e. The first-order valence-corrected chi connectivity index (χ1v) is 8.52. The Bertz CT molecular complexity index is 929. The van der Waals surface area contributed by atoms with Crippen LogP contribution in [0.3, 0.4) is 0 Å². The Morgan fingerprint density at radius 1 is 1.26 bits per heavy atom. The molecule has 0 saturated heterocycles. The third kappa shape index (κ3) is 2.55. The van der Waals surface area contributed by atoms with Crippen molar-refractivity contribution >= 4 is 5.57 Å². The molecule has 2 aromatic rings. The molecule has 1 aromatic carbocycles. The summed E-state index contributed by atoms with van der Waals surface area (Å²) in [5.41, 5.74) is 1.20. The Morgan fingerprint density at radius 2 is 2.00 bits per heavy atom. The molecule has 0 radical (unpaired) electrons. The summed E-state index contributed by atoms with van der Waals surface area (Å²) >= 11 is 0. The molecule has 0 amide bonds. The van der Waals surface area contributed by atoms with Crippen molar-refractivity contribution in [2.24, 2.45) is 0 Å². The van der Waals surface area contributed by atoms with Crippen LogP contribution in [0.5, 0.6) is 0 Å². The van der Waals surface area contributed by atoms with Gasteiger partial charge >= 0.3 is 6.18 Å². The number of hydrogen-bond donors (Lipinski definition) is 3. The van der Waals surface area contributed by atoms with Gasteiger partial charge in [-0.2, -0.15) is 13.2 Å². The third-order valence-corrected chi connectivity index (χ3v) is 5.05. The highest BCUT2D eigenvalue weighted by Crippen LogP contribution is 2.54. The van der Waals surface area contributed by atoms with Crippen molar-refractivity contribution in [3.8, 4) is 11.3 Å². The minimum atomic E-state index is -4.88. The van der Waals surface area contributed by atoms with Gasteiger partial charge in [-0.1, -0.05) is 24.3 Å². The minimum absolute atomic E-state index is 0.0604. The SMILES string of the molecule is CC1NN(CCO)C=C1c1cnc2c(c1)C(O)(C(F)(F)F)c1ccccc1-2. The summed E-state index contributed by atoms with van der Waals surface area (Å²) in [4.78, 5) is 4.26. The van der Waals surface area contributed by atoms with Crippen molar-refractivity contribution < 1.29 is 23.4 Å². The van der Waals surface area contributed by atoms with Crippen LogP contribution in [-0.4, -0.2) is 45.6 Å². The number of nitrogens with zero attached hydrogens (tertiary/aromatic N) is 2. The van der Waals surface area contributed by atoms with Crippen molar-refractivity contribution in [3.63, 3.8) is 0 Å². The summed E-state index contributed by atoms with van der Waals surface area (Å²) in [5, 5.41) is 21.5. The van der Waals surface area contributed by atoms with E-state index < -0.39 is 11.8 Å². The van der Waals surface area contributed by atoms with Crippen molar-refractivity contribution in [1.29, 1.82) is 0 Å². The van der Waals surface area contributed by atoms with Gasteiger partial charge in [-0.15, -0.1) is 0 Å². The molecule has 0 spiro atoms. The van der Waals surface area contributed by atoms with E-state index in [0.29, 0.717) is 12.1 Å². The Morgan fingerprint density at radius 3 is 2.70 bits per heavy atom. The highest BCUT2D eigenvalue weighted by atomic mass is 19.4. The van der Waals surface area contributed by atoms with E-state index in [4.69, 9.17) is 5.11 Å². The van der Waals surface area contributed by atoms with Crippen LogP contribution < -0.4 is 5.43 Å². The molecule has 27 heavy (non-hydrogen) atoms. The second-order valence-corrected chi connectivity index (χ2v) is 6.73. The zero-order valence-electron chi connectivity index (χ0n) is 14.5. The van der Waals surface area contributed by atoms with Crippen LogP contribution in [0.2, 0.25) is 0 Å². The summed E-state index contributed by atoms with van der Waals surface area (Å²) in [7, 11) is 0. The number of hydrazine groups is 1. The van der Waals surface area contributed by atoms with Crippen LogP contribution in [0.4, 0.5) is 13.2 Å². The van der Waals surface area contributed by atoms with E-state index in [-0.39, 0.29) is 35.0 Å². The van der Waals surface area contributed by atoms with Crippen molar-refractivity contribution in [2.75, 3.05) is 13.2 Å². The molecule has 5 nitrogen and oxygen atoms in total. The molecule has 2 aliphatic rings. The van der Waals surface area contributed by atoms with Gasteiger partial charge in [-0.3, -0.25) is 4.98 Å². The van der Waals surface area contributed by atoms with Gasteiger partial charge in [0.05, 0.1) is 24.9 Å². The Balaban J connectivity index is 1.87. The molecule has 1 aromatic heterocycles. The second kappa shape index (κ2) is 6.05. The number of fused-ring (bicyclic) bond motifs is 3. The Hall–Kier alpha value is -2.42. The highest BCUT2D eigenvalue weighted by Gasteiger charge is 2.61. The maximum absolute atomic E-state index is 13.9. The van der Waals surface area contributed by atoms with Crippen molar-refractivity contribution in [2.45, 2.75) is 24.7 Å². The smallest absolute Gasteiger partial charge is 0.394 e. The molecule has 2 heterocycles. The number of aliphatic hydroxyl groups excluding tert-OH is 1. The number of nitrogens with one attached hydrogen (secondary N) is 1. The lowest BCUT2D eigenvalue weighted by Crippen LogP contribution is -2.41. The zero-order chi connectivity index (χ0) is 19.4. The van der Waals surface area contributed by atoms with E-state index in [1.807, 2.05) is 6.92 Å². The summed E-state index contributed by atoms with van der Waals surface area (Å²) in [6.45, 7) is 2.15. The molecule has 142 valence electrons. The maximum Gasteiger partial charge on any atom is 0.425 e. The zero-order valence-corrected chi connectivity index (χ0v) is 14.5. The summed E-state index contributed by atoms with van der Waals surface area (Å²) in [6, 6.07) is 7.11. The van der Waals surface area contributed by atoms with Crippen LogP contribution in [0, 0.1) is 0 Å². The largest absolute Gasteiger partial charge is 0.425 e. The molecule has 0 saturated carbocycles. The molecule has 3 N–H and O–H groups in total. The molecule has 0 fully saturated rings. The van der Waals surface area contributed by atoms with Gasteiger partial charge in [0.25, 0.3) is 0 Å². The van der Waals surface area contributed by atoms with Crippen molar-refractivity contribution in [3.05, 3.63) is 59.4 Å². The molecular formula is C19H18F3N3O2. The standard InChI is InChI=1S/C19H18F3N3O2/c1-11-14(10-25(24-11)6-7-26)12-8-16-17(23-9-12)13-4-2-3-5-15(13)18(16,27)19(20,21)22/h2-5,8-11,24,26-27H,6-7H2,1H3. The lowest BCUT2D eigenvalue weighted by molar-refractivity contribution is -0.246. The van der Waals surface area contributed by atoms with Crippen LogP contribution in [0.1, 0.15) is 23.6 Å². The van der Waals surface area contributed by atoms with Crippen LogP contribution in [0.15, 0.2) is 42.7 Å². The van der Waals surface area contributed by atoms with E-state index in [1.54, 1.807) is 17.3 Å². The topological polar surface area (TPSA) is 68.6 Å². The molecule has 2 unspecified atom stereocenters. The number of hydrogen-bond acceptors (Lipinski definition) is 5. The third-order valence-electron chi connectivity index (χ3n) is 5.05.